The van der Waals surface area contributed by atoms with E-state index >= 15 is 0 Å². The molecule has 10 nitrogen and oxygen atoms in total. The van der Waals surface area contributed by atoms with Crippen molar-refractivity contribution in [1.29, 1.82) is 5.26 Å². The van der Waals surface area contributed by atoms with Crippen LogP contribution in [-0.2, 0) is 9.84 Å². The maximum Gasteiger partial charge on any atom is 0.228 e. The van der Waals surface area contributed by atoms with Crippen LogP contribution in [-0.4, -0.2) is 44.0 Å². The van der Waals surface area contributed by atoms with Crippen molar-refractivity contribution in [2.45, 2.75) is 55.0 Å². The van der Waals surface area contributed by atoms with Crippen molar-refractivity contribution in [1.82, 2.24) is 29.5 Å². The predicted molar refractivity (Wildman–Crippen MR) is 139 cm³/mol. The second-order valence-corrected chi connectivity index (χ2v) is 12.2. The summed E-state index contributed by atoms with van der Waals surface area (Å²) >= 11 is 1.34. The second-order valence-electron chi connectivity index (χ2n) is 9.34. The molecular formula is C25H24N8O2S2. The molecule has 37 heavy (non-hydrogen) atoms. The van der Waals surface area contributed by atoms with E-state index in [9.17, 15) is 8.42 Å². The minimum absolute atomic E-state index is 0.0578. The Hall–Kier alpha value is -3.82. The zero-order valence-electron chi connectivity index (χ0n) is 20.2. The van der Waals surface area contributed by atoms with Crippen LogP contribution in [0, 0.1) is 24.2 Å². The SMILES string of the molecule is CC[C@@H]1C[C@H](Nc2ncc(C#N)s2)C[C@@H]1c1nnc2c(S(=O)(=O)c3ccccc3C)nc3[nH]ccc3n12. The van der Waals surface area contributed by atoms with Gasteiger partial charge < -0.3 is 10.3 Å². The van der Waals surface area contributed by atoms with E-state index in [0.29, 0.717) is 22.0 Å². The zero-order chi connectivity index (χ0) is 25.7. The van der Waals surface area contributed by atoms with Crippen LogP contribution in [0.5, 0.6) is 0 Å². The molecule has 0 saturated heterocycles. The molecule has 6 rings (SSSR count). The number of nitrogens with one attached hydrogen (secondary N) is 2. The highest BCUT2D eigenvalue weighted by Crippen LogP contribution is 2.43. The number of anilines is 1. The van der Waals surface area contributed by atoms with Crippen molar-refractivity contribution in [2.24, 2.45) is 5.92 Å². The van der Waals surface area contributed by atoms with Crippen molar-refractivity contribution in [2.75, 3.05) is 5.32 Å². The molecule has 0 radical (unpaired) electrons. The number of aromatic amines is 1. The molecule has 1 aliphatic carbocycles. The third kappa shape index (κ3) is 3.86. The summed E-state index contributed by atoms with van der Waals surface area (Å²) in [5.41, 5.74) is 2.08. The molecule has 4 heterocycles. The lowest BCUT2D eigenvalue weighted by Crippen LogP contribution is -2.15. The van der Waals surface area contributed by atoms with E-state index < -0.39 is 9.84 Å². The van der Waals surface area contributed by atoms with E-state index in [-0.39, 0.29) is 27.5 Å². The summed E-state index contributed by atoms with van der Waals surface area (Å²) < 4.78 is 29.4. The van der Waals surface area contributed by atoms with Gasteiger partial charge in [0.25, 0.3) is 0 Å². The summed E-state index contributed by atoms with van der Waals surface area (Å²) in [7, 11) is -3.95. The number of thiazole rings is 1. The summed E-state index contributed by atoms with van der Waals surface area (Å²) in [5.74, 6) is 1.11. The molecule has 188 valence electrons. The number of hydrogen-bond acceptors (Lipinski definition) is 9. The number of nitrogens with zero attached hydrogens (tertiary/aromatic N) is 6. The van der Waals surface area contributed by atoms with Crippen molar-refractivity contribution in [3.8, 4) is 6.07 Å². The van der Waals surface area contributed by atoms with E-state index in [0.717, 1.165) is 35.7 Å². The highest BCUT2D eigenvalue weighted by atomic mass is 32.2. The Bertz CT molecular complexity index is 1780. The van der Waals surface area contributed by atoms with E-state index in [2.05, 4.69) is 43.5 Å². The van der Waals surface area contributed by atoms with Gasteiger partial charge in [-0.25, -0.2) is 18.4 Å². The first-order valence-corrected chi connectivity index (χ1v) is 14.4. The van der Waals surface area contributed by atoms with Gasteiger partial charge in [-0.1, -0.05) is 42.9 Å². The molecule has 1 aliphatic rings. The van der Waals surface area contributed by atoms with Crippen LogP contribution >= 0.6 is 11.3 Å². The maximum absolute atomic E-state index is 13.8. The van der Waals surface area contributed by atoms with Gasteiger partial charge >= 0.3 is 0 Å². The Labute approximate surface area is 217 Å². The fraction of sp³-hybridized carbons (Fsp3) is 0.320. The molecule has 4 aromatic heterocycles. The van der Waals surface area contributed by atoms with Gasteiger partial charge in [0.15, 0.2) is 16.4 Å². The first kappa shape index (κ1) is 23.6. The molecule has 1 fully saturated rings. The van der Waals surface area contributed by atoms with Crippen molar-refractivity contribution < 1.29 is 8.42 Å². The number of sulfone groups is 1. The van der Waals surface area contributed by atoms with Gasteiger partial charge in [-0.2, -0.15) is 5.26 Å². The third-order valence-corrected chi connectivity index (χ3v) is 9.82. The van der Waals surface area contributed by atoms with Crippen LogP contribution in [0.1, 0.15) is 48.4 Å². The fourth-order valence-electron chi connectivity index (χ4n) is 5.41. The molecule has 1 saturated carbocycles. The zero-order valence-corrected chi connectivity index (χ0v) is 21.8. The lowest BCUT2D eigenvalue weighted by Gasteiger charge is -2.16. The Morgan fingerprint density at radius 3 is 2.84 bits per heavy atom. The number of benzene rings is 1. The lowest BCUT2D eigenvalue weighted by atomic mass is 9.93. The van der Waals surface area contributed by atoms with Gasteiger partial charge in [0.1, 0.15) is 16.8 Å². The number of H-pyrrole nitrogens is 1. The molecule has 2 N–H and O–H groups in total. The van der Waals surface area contributed by atoms with Gasteiger partial charge in [-0.05, 0) is 43.4 Å². The monoisotopic (exact) mass is 532 g/mol. The smallest absolute Gasteiger partial charge is 0.228 e. The van der Waals surface area contributed by atoms with E-state index in [1.165, 1.54) is 11.3 Å². The molecule has 0 bridgehead atoms. The standard InChI is InChI=1S/C25H24N8O2S2/c1-3-15-10-16(29-25-28-13-17(12-26)36-25)11-18(15)22-31-32-23-24(30-21-19(33(22)23)8-9-27-21)37(34,35)20-7-5-4-6-14(20)2/h4-9,13,15-16,18,27H,3,10-11H2,1-2H3,(H,28,29)/t15-,16+,18+/m1/s1. The topological polar surface area (TPSA) is 142 Å². The highest BCUT2D eigenvalue weighted by Gasteiger charge is 2.38. The average Bonchev–Trinajstić information content (AvgIpc) is 3.68. The summed E-state index contributed by atoms with van der Waals surface area (Å²) in [6.07, 6.45) is 5.96. The number of aryl methyl sites for hydroxylation is 1. The van der Waals surface area contributed by atoms with Gasteiger partial charge in [-0.15, -0.1) is 10.2 Å². The predicted octanol–water partition coefficient (Wildman–Crippen LogP) is 4.46. The minimum Gasteiger partial charge on any atom is -0.359 e. The number of hydrogen-bond donors (Lipinski definition) is 2. The van der Waals surface area contributed by atoms with E-state index in [1.807, 2.05) is 16.5 Å². The minimum atomic E-state index is -3.95. The highest BCUT2D eigenvalue weighted by molar-refractivity contribution is 7.91. The molecule has 0 spiro atoms. The third-order valence-electron chi connectivity index (χ3n) is 7.17. The molecule has 12 heteroatoms. The quantitative estimate of drug-likeness (QED) is 0.326. The van der Waals surface area contributed by atoms with Gasteiger partial charge in [0.2, 0.25) is 14.9 Å². The Morgan fingerprint density at radius 2 is 2.08 bits per heavy atom. The molecule has 5 aromatic rings. The Morgan fingerprint density at radius 1 is 1.24 bits per heavy atom. The number of fused-ring (bicyclic) bond motifs is 3. The average molecular weight is 533 g/mol. The van der Waals surface area contributed by atoms with Crippen molar-refractivity contribution in [3.63, 3.8) is 0 Å². The second kappa shape index (κ2) is 8.93. The number of aromatic nitrogens is 6. The largest absolute Gasteiger partial charge is 0.359 e. The normalized spacial score (nSPS) is 20.0. The molecule has 1 aromatic carbocycles. The lowest BCUT2D eigenvalue weighted by molar-refractivity contribution is 0.450. The van der Waals surface area contributed by atoms with Crippen LogP contribution in [0.2, 0.25) is 0 Å². The molecular weight excluding hydrogens is 508 g/mol. The molecule has 0 aliphatic heterocycles. The maximum atomic E-state index is 13.8. The summed E-state index contributed by atoms with van der Waals surface area (Å²) in [6.45, 7) is 3.92. The first-order valence-electron chi connectivity index (χ1n) is 12.1. The first-order chi connectivity index (χ1) is 17.9. The molecule has 0 unspecified atom stereocenters. The van der Waals surface area contributed by atoms with Crippen LogP contribution < -0.4 is 5.32 Å². The number of rotatable bonds is 6. The Balaban J connectivity index is 1.45. The van der Waals surface area contributed by atoms with Crippen LogP contribution in [0.15, 0.2) is 52.6 Å². The summed E-state index contributed by atoms with van der Waals surface area (Å²) in [6, 6.07) is 11.0. The van der Waals surface area contributed by atoms with Gasteiger partial charge in [0, 0.05) is 18.2 Å². The molecule has 0 amide bonds. The van der Waals surface area contributed by atoms with E-state index in [4.69, 9.17) is 5.26 Å². The van der Waals surface area contributed by atoms with Crippen molar-refractivity contribution >= 4 is 43.1 Å². The number of nitriles is 1. The van der Waals surface area contributed by atoms with Crippen molar-refractivity contribution in [3.05, 3.63) is 59.0 Å². The fourth-order valence-corrected chi connectivity index (χ4v) is 7.64. The van der Waals surface area contributed by atoms with Gasteiger partial charge in [0.05, 0.1) is 16.6 Å². The summed E-state index contributed by atoms with van der Waals surface area (Å²) in [4.78, 5) is 12.7. The van der Waals surface area contributed by atoms with Crippen LogP contribution in [0.4, 0.5) is 5.13 Å². The van der Waals surface area contributed by atoms with Gasteiger partial charge in [-0.3, -0.25) is 4.40 Å². The van der Waals surface area contributed by atoms with E-state index in [1.54, 1.807) is 37.5 Å². The Kier molecular flexibility index (Phi) is 5.69. The van der Waals surface area contributed by atoms with Crippen LogP contribution in [0.25, 0.3) is 16.8 Å². The van der Waals surface area contributed by atoms with Crippen LogP contribution in [0.3, 0.4) is 0 Å². The molecule has 3 atom stereocenters. The summed E-state index contributed by atoms with van der Waals surface area (Å²) in [5, 5.41) is 22.2.